The van der Waals surface area contributed by atoms with Crippen molar-refractivity contribution in [3.05, 3.63) is 53.6 Å². The number of rotatable bonds is 4. The molecule has 9 nitrogen and oxygen atoms in total. The molecule has 2 aromatic carbocycles. The van der Waals surface area contributed by atoms with Gasteiger partial charge in [-0.2, -0.15) is 0 Å². The van der Waals surface area contributed by atoms with Gasteiger partial charge in [-0.1, -0.05) is 17.8 Å². The van der Waals surface area contributed by atoms with Crippen molar-refractivity contribution in [3.63, 3.8) is 0 Å². The van der Waals surface area contributed by atoms with Gasteiger partial charge in [0.05, 0.1) is 17.5 Å². The predicted molar refractivity (Wildman–Crippen MR) is 135 cm³/mol. The summed E-state index contributed by atoms with van der Waals surface area (Å²) in [6.45, 7) is 4.08. The van der Waals surface area contributed by atoms with E-state index in [1.807, 2.05) is 41.3 Å². The first-order chi connectivity index (χ1) is 16.9. The standard InChI is InChI=1S/C24H26N4O5S2/c29-23(28-9-7-27(8-10-28)12-16-1-6-20-21(11-16)33-15-32-20)17-2-4-18(5-3-17)25-24-26-19-13-35(30,31)14-22(19)34-24/h1-6,11,19,22H,7-10,12-15H2,(H,25,26)/t19-,22-/m0/s1. The lowest BCUT2D eigenvalue weighted by atomic mass is 10.1. The van der Waals surface area contributed by atoms with Crippen LogP contribution in [0.5, 0.6) is 11.5 Å². The Bertz CT molecular complexity index is 1270. The lowest BCUT2D eigenvalue weighted by molar-refractivity contribution is 0.0628. The van der Waals surface area contributed by atoms with E-state index in [0.29, 0.717) is 18.7 Å². The molecule has 184 valence electrons. The number of anilines is 1. The molecular formula is C24H26N4O5S2. The van der Waals surface area contributed by atoms with Crippen LogP contribution in [0.3, 0.4) is 0 Å². The fourth-order valence-electron chi connectivity index (χ4n) is 4.82. The number of piperazine rings is 1. The molecule has 2 fully saturated rings. The highest BCUT2D eigenvalue weighted by Gasteiger charge is 2.42. The normalized spacial score (nSPS) is 24.8. The Kier molecular flexibility index (Phi) is 5.85. The molecule has 11 heteroatoms. The topological polar surface area (TPSA) is 101 Å². The summed E-state index contributed by atoms with van der Waals surface area (Å²) in [4.78, 5) is 21.8. The van der Waals surface area contributed by atoms with Crippen molar-refractivity contribution >= 4 is 38.4 Å². The van der Waals surface area contributed by atoms with Gasteiger partial charge in [0.2, 0.25) is 6.79 Å². The number of benzene rings is 2. The van der Waals surface area contributed by atoms with Crippen molar-refractivity contribution in [1.82, 2.24) is 9.80 Å². The second kappa shape index (κ2) is 9.03. The predicted octanol–water partition coefficient (Wildman–Crippen LogP) is 2.05. The first-order valence-electron chi connectivity index (χ1n) is 11.6. The number of amidine groups is 1. The Balaban J connectivity index is 1.01. The quantitative estimate of drug-likeness (QED) is 0.662. The molecule has 4 aliphatic rings. The maximum absolute atomic E-state index is 13.0. The fraction of sp³-hybridized carbons (Fsp3) is 0.417. The minimum atomic E-state index is -2.96. The minimum Gasteiger partial charge on any atom is -0.454 e. The van der Waals surface area contributed by atoms with Gasteiger partial charge in [-0.25, -0.2) is 8.42 Å². The second-order valence-electron chi connectivity index (χ2n) is 9.19. The molecule has 4 heterocycles. The Morgan fingerprint density at radius 2 is 1.80 bits per heavy atom. The van der Waals surface area contributed by atoms with Gasteiger partial charge >= 0.3 is 0 Å². The van der Waals surface area contributed by atoms with Gasteiger partial charge in [-0.15, -0.1) is 0 Å². The highest BCUT2D eigenvalue weighted by Crippen LogP contribution is 2.35. The number of nitrogens with one attached hydrogen (secondary N) is 1. The van der Waals surface area contributed by atoms with Crippen LogP contribution in [-0.2, 0) is 16.4 Å². The smallest absolute Gasteiger partial charge is 0.253 e. The van der Waals surface area contributed by atoms with Crippen LogP contribution in [0.4, 0.5) is 5.69 Å². The van der Waals surface area contributed by atoms with Crippen LogP contribution in [0, 0.1) is 0 Å². The van der Waals surface area contributed by atoms with Crippen LogP contribution in [0.15, 0.2) is 47.5 Å². The third-order valence-electron chi connectivity index (χ3n) is 6.70. The summed E-state index contributed by atoms with van der Waals surface area (Å²) in [6, 6.07) is 13.3. The third kappa shape index (κ3) is 4.85. The van der Waals surface area contributed by atoms with Crippen LogP contribution in [0.1, 0.15) is 15.9 Å². The van der Waals surface area contributed by atoms with Gasteiger partial charge in [0, 0.05) is 49.2 Å². The van der Waals surface area contributed by atoms with E-state index in [2.05, 4.69) is 21.3 Å². The maximum Gasteiger partial charge on any atom is 0.253 e. The van der Waals surface area contributed by atoms with Crippen molar-refractivity contribution in [3.8, 4) is 11.5 Å². The molecule has 2 saturated heterocycles. The van der Waals surface area contributed by atoms with Crippen LogP contribution >= 0.6 is 11.8 Å². The van der Waals surface area contributed by atoms with Crippen LogP contribution in [-0.4, -0.2) is 85.1 Å². The first-order valence-corrected chi connectivity index (χ1v) is 14.3. The van der Waals surface area contributed by atoms with Crippen LogP contribution < -0.4 is 14.8 Å². The van der Waals surface area contributed by atoms with Crippen molar-refractivity contribution in [1.29, 1.82) is 0 Å². The van der Waals surface area contributed by atoms with Crippen molar-refractivity contribution < 1.29 is 22.7 Å². The van der Waals surface area contributed by atoms with E-state index in [1.165, 1.54) is 17.3 Å². The number of amides is 1. The highest BCUT2D eigenvalue weighted by molar-refractivity contribution is 8.15. The molecule has 0 aromatic heterocycles. The SMILES string of the molecule is O=C(c1ccc(NC2=N[C@H]3CS(=O)(=O)C[C@@H]3S2)cc1)N1CCN(Cc2ccc3c(c2)OCO3)CC1. The summed E-state index contributed by atoms with van der Waals surface area (Å²) in [5, 5.41) is 4.01. The molecule has 0 spiro atoms. The average Bonchev–Trinajstić information content (AvgIpc) is 3.52. The molecule has 6 rings (SSSR count). The van der Waals surface area contributed by atoms with Gasteiger partial charge in [-0.05, 0) is 42.0 Å². The van der Waals surface area contributed by atoms with Crippen molar-refractivity contribution in [2.75, 3.05) is 49.8 Å². The number of aliphatic imine (C=N–C) groups is 1. The number of hydrogen-bond donors (Lipinski definition) is 1. The number of carbonyl (C=O) groups excluding carboxylic acids is 1. The number of carbonyl (C=O) groups is 1. The van der Waals surface area contributed by atoms with E-state index in [1.54, 1.807) is 0 Å². The van der Waals surface area contributed by atoms with Crippen molar-refractivity contribution in [2.24, 2.45) is 4.99 Å². The molecule has 1 N–H and O–H groups in total. The van der Waals surface area contributed by atoms with Gasteiger partial charge in [-0.3, -0.25) is 14.7 Å². The monoisotopic (exact) mass is 514 g/mol. The molecule has 0 radical (unpaired) electrons. The molecule has 2 atom stereocenters. The third-order valence-corrected chi connectivity index (χ3v) is 9.85. The second-order valence-corrected chi connectivity index (χ2v) is 12.6. The van der Waals surface area contributed by atoms with Gasteiger partial charge in [0.15, 0.2) is 26.5 Å². The van der Waals surface area contributed by atoms with Crippen molar-refractivity contribution in [2.45, 2.75) is 17.8 Å². The lowest BCUT2D eigenvalue weighted by Gasteiger charge is -2.34. The Morgan fingerprint density at radius 3 is 2.57 bits per heavy atom. The largest absolute Gasteiger partial charge is 0.454 e. The van der Waals surface area contributed by atoms with Gasteiger partial charge in [0.25, 0.3) is 5.91 Å². The van der Waals surface area contributed by atoms with Gasteiger partial charge < -0.3 is 19.7 Å². The zero-order valence-corrected chi connectivity index (χ0v) is 20.7. The van der Waals surface area contributed by atoms with E-state index in [9.17, 15) is 13.2 Å². The molecule has 1 amide bonds. The number of ether oxygens (including phenoxy) is 2. The summed E-state index contributed by atoms with van der Waals surface area (Å²) in [5.41, 5.74) is 2.67. The summed E-state index contributed by atoms with van der Waals surface area (Å²) in [6.07, 6.45) is 0. The molecule has 0 unspecified atom stereocenters. The zero-order chi connectivity index (χ0) is 24.0. The minimum absolute atomic E-state index is 0.00654. The van der Waals surface area contributed by atoms with E-state index < -0.39 is 9.84 Å². The summed E-state index contributed by atoms with van der Waals surface area (Å²) < 4.78 is 34.3. The average molecular weight is 515 g/mol. The Hall–Kier alpha value is -2.76. The Morgan fingerprint density at radius 1 is 1.03 bits per heavy atom. The zero-order valence-electron chi connectivity index (χ0n) is 19.1. The molecular weight excluding hydrogens is 488 g/mol. The highest BCUT2D eigenvalue weighted by atomic mass is 32.2. The maximum atomic E-state index is 13.0. The molecule has 2 aromatic rings. The first kappa shape index (κ1) is 22.7. The summed E-state index contributed by atoms with van der Waals surface area (Å²) in [7, 11) is -2.96. The molecule has 0 saturated carbocycles. The molecule has 0 bridgehead atoms. The van der Waals surface area contributed by atoms with E-state index in [0.717, 1.165) is 42.0 Å². The van der Waals surface area contributed by atoms with Gasteiger partial charge in [0.1, 0.15) is 0 Å². The number of nitrogens with zero attached hydrogens (tertiary/aromatic N) is 3. The lowest BCUT2D eigenvalue weighted by Crippen LogP contribution is -2.48. The van der Waals surface area contributed by atoms with Crippen LogP contribution in [0.2, 0.25) is 0 Å². The molecule has 0 aliphatic carbocycles. The fourth-order valence-corrected chi connectivity index (χ4v) is 8.50. The number of hydrogen-bond acceptors (Lipinski definition) is 9. The number of thioether (sulfide) groups is 1. The molecule has 4 aliphatic heterocycles. The summed E-state index contributed by atoms with van der Waals surface area (Å²) in [5.74, 6) is 1.94. The van der Waals surface area contributed by atoms with E-state index in [4.69, 9.17) is 9.47 Å². The van der Waals surface area contributed by atoms with E-state index >= 15 is 0 Å². The number of fused-ring (bicyclic) bond motifs is 2. The Labute approximate surface area is 208 Å². The molecule has 35 heavy (non-hydrogen) atoms. The van der Waals surface area contributed by atoms with E-state index in [-0.39, 0.29) is 35.5 Å². The summed E-state index contributed by atoms with van der Waals surface area (Å²) >= 11 is 1.48. The van der Waals surface area contributed by atoms with Crippen LogP contribution in [0.25, 0.3) is 0 Å². The number of sulfone groups is 1.